The molecule has 4 amide bonds. The van der Waals surface area contributed by atoms with Crippen LogP contribution in [0.2, 0.25) is 0 Å². The Morgan fingerprint density at radius 1 is 1.07 bits per heavy atom. The number of nitrogens with one attached hydrogen (secondary N) is 2. The maximum atomic E-state index is 12.5. The van der Waals surface area contributed by atoms with Crippen molar-refractivity contribution in [3.05, 3.63) is 65.0 Å². The first-order chi connectivity index (χ1) is 13.9. The van der Waals surface area contributed by atoms with Crippen molar-refractivity contribution in [2.24, 2.45) is 5.73 Å². The fourth-order valence-corrected chi connectivity index (χ4v) is 3.21. The summed E-state index contributed by atoms with van der Waals surface area (Å²) < 4.78 is 0. The number of aryl methyl sites for hydroxylation is 1. The lowest BCUT2D eigenvalue weighted by Gasteiger charge is -2.32. The molecule has 1 saturated heterocycles. The molecule has 1 aliphatic heterocycles. The number of benzene rings is 1. The highest BCUT2D eigenvalue weighted by molar-refractivity contribution is 5.94. The Labute approximate surface area is 169 Å². The van der Waals surface area contributed by atoms with Gasteiger partial charge >= 0.3 is 6.03 Å². The quantitative estimate of drug-likeness (QED) is 0.712. The van der Waals surface area contributed by atoms with E-state index in [1.54, 1.807) is 41.4 Å². The normalized spacial score (nSPS) is 14.3. The van der Waals surface area contributed by atoms with Gasteiger partial charge in [0.05, 0.1) is 5.56 Å². The van der Waals surface area contributed by atoms with E-state index in [0.29, 0.717) is 43.6 Å². The Morgan fingerprint density at radius 3 is 2.31 bits per heavy atom. The topological polar surface area (TPSA) is 117 Å². The van der Waals surface area contributed by atoms with Gasteiger partial charge in [-0.3, -0.25) is 14.6 Å². The number of piperidine rings is 1. The van der Waals surface area contributed by atoms with Crippen LogP contribution in [0.25, 0.3) is 0 Å². The van der Waals surface area contributed by atoms with Crippen molar-refractivity contribution >= 4 is 17.8 Å². The second-order valence-electron chi connectivity index (χ2n) is 7.14. The van der Waals surface area contributed by atoms with Crippen LogP contribution >= 0.6 is 0 Å². The largest absolute Gasteiger partial charge is 0.366 e. The third kappa shape index (κ3) is 5.54. The third-order valence-electron chi connectivity index (χ3n) is 4.97. The number of likely N-dealkylation sites (tertiary alicyclic amines) is 1. The monoisotopic (exact) mass is 395 g/mol. The zero-order valence-corrected chi connectivity index (χ0v) is 16.4. The number of pyridine rings is 1. The van der Waals surface area contributed by atoms with Gasteiger partial charge in [-0.1, -0.05) is 12.1 Å². The van der Waals surface area contributed by atoms with E-state index in [4.69, 9.17) is 5.73 Å². The number of amides is 4. The zero-order chi connectivity index (χ0) is 20.8. The molecule has 1 aromatic heterocycles. The number of carbonyl (C=O) groups is 3. The van der Waals surface area contributed by atoms with Crippen LogP contribution in [0.4, 0.5) is 4.79 Å². The fourth-order valence-electron chi connectivity index (χ4n) is 3.21. The molecule has 3 rings (SSSR count). The Kier molecular flexibility index (Phi) is 6.43. The van der Waals surface area contributed by atoms with Gasteiger partial charge in [-0.15, -0.1) is 0 Å². The van der Waals surface area contributed by atoms with E-state index in [1.807, 2.05) is 13.0 Å². The van der Waals surface area contributed by atoms with Crippen LogP contribution in [0.3, 0.4) is 0 Å². The predicted molar refractivity (Wildman–Crippen MR) is 108 cm³/mol. The summed E-state index contributed by atoms with van der Waals surface area (Å²) >= 11 is 0. The van der Waals surface area contributed by atoms with E-state index in [9.17, 15) is 14.4 Å². The number of aromatic nitrogens is 1. The van der Waals surface area contributed by atoms with E-state index in [1.165, 1.54) is 0 Å². The fraction of sp³-hybridized carbons (Fsp3) is 0.333. The Morgan fingerprint density at radius 2 is 1.72 bits per heavy atom. The number of rotatable bonds is 5. The summed E-state index contributed by atoms with van der Waals surface area (Å²) in [6.45, 7) is 3.41. The van der Waals surface area contributed by atoms with Crippen LogP contribution in [0, 0.1) is 6.92 Å². The van der Waals surface area contributed by atoms with Crippen molar-refractivity contribution in [2.45, 2.75) is 32.4 Å². The lowest BCUT2D eigenvalue weighted by molar-refractivity contribution is 0.0707. The molecule has 0 bridgehead atoms. The first-order valence-electron chi connectivity index (χ1n) is 9.57. The summed E-state index contributed by atoms with van der Waals surface area (Å²) in [4.78, 5) is 41.7. The van der Waals surface area contributed by atoms with Gasteiger partial charge in [-0.25, -0.2) is 4.79 Å². The maximum absolute atomic E-state index is 12.5. The van der Waals surface area contributed by atoms with Gasteiger partial charge in [-0.05, 0) is 49.6 Å². The van der Waals surface area contributed by atoms with Crippen LogP contribution in [0.15, 0.2) is 42.6 Å². The van der Waals surface area contributed by atoms with Crippen LogP contribution < -0.4 is 16.4 Å². The smallest absolute Gasteiger partial charge is 0.315 e. The zero-order valence-electron chi connectivity index (χ0n) is 16.4. The number of urea groups is 1. The number of carbonyl (C=O) groups excluding carboxylic acids is 3. The molecule has 4 N–H and O–H groups in total. The molecular formula is C21H25N5O3. The van der Waals surface area contributed by atoms with Crippen molar-refractivity contribution in [2.75, 3.05) is 13.1 Å². The van der Waals surface area contributed by atoms with Crippen LogP contribution in [0.5, 0.6) is 0 Å². The number of primary amides is 1. The van der Waals surface area contributed by atoms with Crippen LogP contribution in [0.1, 0.15) is 44.8 Å². The highest BCUT2D eigenvalue weighted by Crippen LogP contribution is 2.14. The van der Waals surface area contributed by atoms with E-state index in [-0.39, 0.29) is 18.0 Å². The molecule has 8 heteroatoms. The molecule has 152 valence electrons. The summed E-state index contributed by atoms with van der Waals surface area (Å²) in [5.74, 6) is -0.509. The maximum Gasteiger partial charge on any atom is 0.315 e. The molecule has 1 aliphatic rings. The molecule has 0 spiro atoms. The minimum atomic E-state index is -0.481. The summed E-state index contributed by atoms with van der Waals surface area (Å²) in [7, 11) is 0. The first-order valence-corrected chi connectivity index (χ1v) is 9.57. The van der Waals surface area contributed by atoms with Gasteiger partial charge in [0.1, 0.15) is 0 Å². The van der Waals surface area contributed by atoms with Crippen molar-refractivity contribution in [3.8, 4) is 0 Å². The summed E-state index contributed by atoms with van der Waals surface area (Å²) in [5, 5.41) is 5.76. The summed E-state index contributed by atoms with van der Waals surface area (Å²) in [5.41, 5.74) is 7.97. The number of nitrogens with zero attached hydrogens (tertiary/aromatic N) is 2. The predicted octanol–water partition coefficient (Wildman–Crippen LogP) is 1.59. The van der Waals surface area contributed by atoms with Gasteiger partial charge in [0.25, 0.3) is 5.91 Å². The average molecular weight is 395 g/mol. The second-order valence-corrected chi connectivity index (χ2v) is 7.14. The van der Waals surface area contributed by atoms with Crippen molar-refractivity contribution in [1.29, 1.82) is 0 Å². The van der Waals surface area contributed by atoms with Gasteiger partial charge in [-0.2, -0.15) is 0 Å². The van der Waals surface area contributed by atoms with E-state index >= 15 is 0 Å². The minimum absolute atomic E-state index is 0.0208. The standard InChI is InChI=1S/C21H25N5O3/c1-14-2-5-17(13-23-14)20(28)26-10-8-18(9-11-26)25-21(29)24-12-15-3-6-16(7-4-15)19(22)27/h2-7,13,18H,8-12H2,1H3,(H2,22,27)(H2,24,25,29). The summed E-state index contributed by atoms with van der Waals surface area (Å²) in [6, 6.07) is 10.2. The molecule has 0 unspecified atom stereocenters. The molecule has 0 atom stereocenters. The van der Waals surface area contributed by atoms with E-state index < -0.39 is 5.91 Å². The van der Waals surface area contributed by atoms with E-state index in [0.717, 1.165) is 11.3 Å². The van der Waals surface area contributed by atoms with Gasteiger partial charge in [0, 0.05) is 43.1 Å². The molecule has 1 aromatic carbocycles. The van der Waals surface area contributed by atoms with Gasteiger partial charge < -0.3 is 21.3 Å². The third-order valence-corrected chi connectivity index (χ3v) is 4.97. The van der Waals surface area contributed by atoms with Gasteiger partial charge in [0.2, 0.25) is 5.91 Å². The lowest BCUT2D eigenvalue weighted by atomic mass is 10.0. The molecule has 29 heavy (non-hydrogen) atoms. The highest BCUT2D eigenvalue weighted by Gasteiger charge is 2.24. The van der Waals surface area contributed by atoms with Crippen LogP contribution in [-0.4, -0.2) is 46.9 Å². The first kappa shape index (κ1) is 20.3. The molecular weight excluding hydrogens is 370 g/mol. The molecule has 8 nitrogen and oxygen atoms in total. The second kappa shape index (κ2) is 9.18. The SMILES string of the molecule is Cc1ccc(C(=O)N2CCC(NC(=O)NCc3ccc(C(N)=O)cc3)CC2)cn1. The highest BCUT2D eigenvalue weighted by atomic mass is 16.2. The Bertz CT molecular complexity index is 872. The van der Waals surface area contributed by atoms with Gasteiger partial charge in [0.15, 0.2) is 0 Å². The Balaban J connectivity index is 1.41. The molecule has 0 aliphatic carbocycles. The molecule has 2 heterocycles. The minimum Gasteiger partial charge on any atom is -0.366 e. The number of hydrogen-bond donors (Lipinski definition) is 3. The molecule has 0 saturated carbocycles. The van der Waals surface area contributed by atoms with Crippen molar-refractivity contribution in [1.82, 2.24) is 20.5 Å². The summed E-state index contributed by atoms with van der Waals surface area (Å²) in [6.07, 6.45) is 3.00. The number of hydrogen-bond acceptors (Lipinski definition) is 4. The number of nitrogens with two attached hydrogens (primary N) is 1. The van der Waals surface area contributed by atoms with E-state index in [2.05, 4.69) is 15.6 Å². The lowest BCUT2D eigenvalue weighted by Crippen LogP contribution is -2.49. The average Bonchev–Trinajstić information content (AvgIpc) is 2.73. The Hall–Kier alpha value is -3.42. The molecule has 2 aromatic rings. The molecule has 1 fully saturated rings. The van der Waals surface area contributed by atoms with Crippen LogP contribution in [-0.2, 0) is 6.54 Å². The van der Waals surface area contributed by atoms with Crippen molar-refractivity contribution in [3.63, 3.8) is 0 Å². The van der Waals surface area contributed by atoms with Crippen molar-refractivity contribution < 1.29 is 14.4 Å². The molecule has 0 radical (unpaired) electrons.